The van der Waals surface area contributed by atoms with Gasteiger partial charge in [0.05, 0.1) is 11.8 Å². The summed E-state index contributed by atoms with van der Waals surface area (Å²) in [5, 5.41) is 3.76. The van der Waals surface area contributed by atoms with Crippen LogP contribution in [0, 0.1) is 13.8 Å². The normalized spacial score (nSPS) is 11.6. The van der Waals surface area contributed by atoms with E-state index in [9.17, 15) is 4.79 Å². The predicted molar refractivity (Wildman–Crippen MR) is 70.8 cm³/mol. The molecule has 4 nitrogen and oxygen atoms in total. The van der Waals surface area contributed by atoms with E-state index in [1.54, 1.807) is 20.8 Å². The van der Waals surface area contributed by atoms with Gasteiger partial charge >= 0.3 is 6.16 Å². The molecule has 0 amide bonds. The Morgan fingerprint density at radius 2 is 1.89 bits per heavy atom. The molecule has 0 atom stereocenters. The molecule has 0 aromatic heterocycles. The average molecular weight is 249 g/mol. The van der Waals surface area contributed by atoms with Crippen LogP contribution in [0.1, 0.15) is 37.5 Å². The number of hydrogen-bond acceptors (Lipinski definition) is 4. The first-order valence-corrected chi connectivity index (χ1v) is 5.90. The molecule has 0 unspecified atom stereocenters. The van der Waals surface area contributed by atoms with Crippen LogP contribution in [0.2, 0.25) is 0 Å². The van der Waals surface area contributed by atoms with E-state index < -0.39 is 6.16 Å². The first-order valence-electron chi connectivity index (χ1n) is 5.90. The van der Waals surface area contributed by atoms with Gasteiger partial charge in [0, 0.05) is 0 Å². The lowest BCUT2D eigenvalue weighted by molar-refractivity contribution is 0.0363. The van der Waals surface area contributed by atoms with Gasteiger partial charge in [0.2, 0.25) is 0 Å². The Balaban J connectivity index is 2.71. The molecule has 4 heteroatoms. The van der Waals surface area contributed by atoms with Crippen molar-refractivity contribution in [2.45, 2.75) is 40.7 Å². The molecule has 0 N–H and O–H groups in total. The minimum Gasteiger partial charge on any atom is -0.430 e. The maximum Gasteiger partial charge on any atom is 0.535 e. The van der Waals surface area contributed by atoms with Gasteiger partial charge in [-0.2, -0.15) is 0 Å². The third-order valence-corrected chi connectivity index (χ3v) is 2.51. The molecule has 0 aliphatic carbocycles. The number of oxime groups is 1. The molecular weight excluding hydrogens is 230 g/mol. The number of carbonyl (C=O) groups is 1. The largest absolute Gasteiger partial charge is 0.535 e. The molecule has 0 heterocycles. The fourth-order valence-corrected chi connectivity index (χ4v) is 1.34. The lowest BCUT2D eigenvalue weighted by Gasteiger charge is -2.06. The highest BCUT2D eigenvalue weighted by Crippen LogP contribution is 2.11. The molecule has 1 rings (SSSR count). The number of ether oxygens (including phenoxy) is 1. The first kappa shape index (κ1) is 14.2. The van der Waals surface area contributed by atoms with Crippen molar-refractivity contribution in [3.05, 3.63) is 34.9 Å². The van der Waals surface area contributed by atoms with E-state index in [4.69, 9.17) is 4.74 Å². The van der Waals surface area contributed by atoms with Crippen LogP contribution >= 0.6 is 0 Å². The molecule has 0 spiro atoms. The summed E-state index contributed by atoms with van der Waals surface area (Å²) in [6.45, 7) is 9.36. The van der Waals surface area contributed by atoms with E-state index in [2.05, 4.69) is 9.99 Å². The van der Waals surface area contributed by atoms with Crippen LogP contribution in [0.15, 0.2) is 23.4 Å². The Bertz CT molecular complexity index is 464. The second kappa shape index (κ2) is 6.19. The molecule has 0 aliphatic heterocycles. The van der Waals surface area contributed by atoms with Crippen LogP contribution in [0.4, 0.5) is 4.79 Å². The SMILES string of the molecule is C/C(=N\OC(=O)OC(C)C)c1ccc(C)c(C)c1. The van der Waals surface area contributed by atoms with Crippen LogP contribution in [-0.4, -0.2) is 18.0 Å². The van der Waals surface area contributed by atoms with Gasteiger partial charge in [-0.05, 0) is 57.4 Å². The molecule has 1 aromatic carbocycles. The fourth-order valence-electron chi connectivity index (χ4n) is 1.34. The van der Waals surface area contributed by atoms with Crippen molar-refractivity contribution in [3.8, 4) is 0 Å². The Labute approximate surface area is 108 Å². The number of carbonyl (C=O) groups excluding carboxylic acids is 1. The highest BCUT2D eigenvalue weighted by molar-refractivity contribution is 5.98. The van der Waals surface area contributed by atoms with E-state index in [0.29, 0.717) is 5.71 Å². The summed E-state index contributed by atoms with van der Waals surface area (Å²) in [6.07, 6.45) is -0.997. The number of rotatable bonds is 3. The van der Waals surface area contributed by atoms with Crippen LogP contribution in [0.5, 0.6) is 0 Å². The van der Waals surface area contributed by atoms with Crippen LogP contribution < -0.4 is 0 Å². The van der Waals surface area contributed by atoms with Gasteiger partial charge in [-0.1, -0.05) is 17.3 Å². The first-order chi connectivity index (χ1) is 8.40. The second-order valence-corrected chi connectivity index (χ2v) is 4.48. The molecule has 0 saturated carbocycles. The summed E-state index contributed by atoms with van der Waals surface area (Å²) in [4.78, 5) is 15.8. The zero-order chi connectivity index (χ0) is 13.7. The van der Waals surface area contributed by atoms with Gasteiger partial charge < -0.3 is 4.74 Å². The van der Waals surface area contributed by atoms with Crippen molar-refractivity contribution in [3.63, 3.8) is 0 Å². The van der Waals surface area contributed by atoms with Crippen molar-refractivity contribution in [1.29, 1.82) is 0 Å². The van der Waals surface area contributed by atoms with E-state index in [0.717, 1.165) is 5.56 Å². The Kier molecular flexibility index (Phi) is 4.89. The maximum absolute atomic E-state index is 11.2. The van der Waals surface area contributed by atoms with Crippen molar-refractivity contribution in [1.82, 2.24) is 0 Å². The van der Waals surface area contributed by atoms with Crippen molar-refractivity contribution in [2.75, 3.05) is 0 Å². The summed E-state index contributed by atoms with van der Waals surface area (Å²) in [7, 11) is 0. The second-order valence-electron chi connectivity index (χ2n) is 4.48. The van der Waals surface area contributed by atoms with Crippen molar-refractivity contribution >= 4 is 11.9 Å². The number of hydrogen-bond donors (Lipinski definition) is 0. The number of benzene rings is 1. The monoisotopic (exact) mass is 249 g/mol. The van der Waals surface area contributed by atoms with Crippen LogP contribution in [0.3, 0.4) is 0 Å². The Morgan fingerprint density at radius 3 is 2.44 bits per heavy atom. The van der Waals surface area contributed by atoms with E-state index >= 15 is 0 Å². The highest BCUT2D eigenvalue weighted by atomic mass is 16.8. The third kappa shape index (κ3) is 4.20. The van der Waals surface area contributed by atoms with Gasteiger partial charge in [0.15, 0.2) is 0 Å². The summed E-state index contributed by atoms with van der Waals surface area (Å²) < 4.78 is 4.81. The molecule has 0 aliphatic rings. The summed E-state index contributed by atoms with van der Waals surface area (Å²) in [6, 6.07) is 5.96. The highest BCUT2D eigenvalue weighted by Gasteiger charge is 2.07. The molecule has 0 bridgehead atoms. The van der Waals surface area contributed by atoms with Crippen LogP contribution in [0.25, 0.3) is 0 Å². The lowest BCUT2D eigenvalue weighted by Crippen LogP contribution is -2.11. The molecular formula is C14H19NO3. The topological polar surface area (TPSA) is 47.9 Å². The minimum atomic E-state index is -0.784. The zero-order valence-corrected chi connectivity index (χ0v) is 11.5. The summed E-state index contributed by atoms with van der Waals surface area (Å²) in [5.74, 6) is 0. The number of aryl methyl sites for hydroxylation is 2. The molecule has 0 saturated heterocycles. The van der Waals surface area contributed by atoms with Crippen LogP contribution in [-0.2, 0) is 9.57 Å². The Morgan fingerprint density at radius 1 is 1.22 bits per heavy atom. The molecule has 0 radical (unpaired) electrons. The summed E-state index contributed by atoms with van der Waals surface area (Å²) in [5.41, 5.74) is 3.95. The molecule has 18 heavy (non-hydrogen) atoms. The predicted octanol–water partition coefficient (Wildman–Crippen LogP) is 3.59. The maximum atomic E-state index is 11.2. The van der Waals surface area contributed by atoms with E-state index in [1.165, 1.54) is 11.1 Å². The van der Waals surface area contributed by atoms with Crippen molar-refractivity contribution < 1.29 is 14.4 Å². The summed E-state index contributed by atoms with van der Waals surface area (Å²) >= 11 is 0. The Hall–Kier alpha value is -1.84. The van der Waals surface area contributed by atoms with E-state index in [-0.39, 0.29) is 6.10 Å². The molecule has 0 fully saturated rings. The number of nitrogens with zero attached hydrogens (tertiary/aromatic N) is 1. The molecule has 1 aromatic rings. The van der Waals surface area contributed by atoms with Gasteiger partial charge in [-0.15, -0.1) is 0 Å². The zero-order valence-electron chi connectivity index (χ0n) is 11.5. The lowest BCUT2D eigenvalue weighted by atomic mass is 10.0. The average Bonchev–Trinajstić information content (AvgIpc) is 2.28. The van der Waals surface area contributed by atoms with Gasteiger partial charge in [-0.3, -0.25) is 4.84 Å². The molecule has 98 valence electrons. The quantitative estimate of drug-likeness (QED) is 0.356. The smallest absolute Gasteiger partial charge is 0.430 e. The minimum absolute atomic E-state index is 0.213. The van der Waals surface area contributed by atoms with Gasteiger partial charge in [0.25, 0.3) is 0 Å². The van der Waals surface area contributed by atoms with Gasteiger partial charge in [0.1, 0.15) is 0 Å². The third-order valence-electron chi connectivity index (χ3n) is 2.51. The fraction of sp³-hybridized carbons (Fsp3) is 0.429. The van der Waals surface area contributed by atoms with Gasteiger partial charge in [-0.25, -0.2) is 4.79 Å². The van der Waals surface area contributed by atoms with Crippen molar-refractivity contribution in [2.24, 2.45) is 5.16 Å². The van der Waals surface area contributed by atoms with E-state index in [1.807, 2.05) is 32.0 Å². The standard InChI is InChI=1S/C14H19NO3/c1-9(2)17-14(16)18-15-12(5)13-7-6-10(3)11(4)8-13/h6-9H,1-5H3/b15-12+.